The first-order valence-electron chi connectivity index (χ1n) is 5.84. The molecule has 1 aliphatic rings. The van der Waals surface area contributed by atoms with E-state index in [1.807, 2.05) is 46.6 Å². The van der Waals surface area contributed by atoms with Crippen LogP contribution in [0.5, 0.6) is 0 Å². The molecular formula is C12H24N2O2. The average molecular weight is 228 g/mol. The molecule has 1 N–H and O–H groups in total. The zero-order valence-electron chi connectivity index (χ0n) is 11.3. The van der Waals surface area contributed by atoms with E-state index in [0.717, 1.165) is 0 Å². The summed E-state index contributed by atoms with van der Waals surface area (Å²) in [5.41, 5.74) is -0.760. The standard InChI is InChI=1S/C12H24N2O2/c1-9-7-14(8-11(2,3)16-9)10(15)12(4,5)13-6/h9,13H,7-8H2,1-6H3. The topological polar surface area (TPSA) is 41.6 Å². The number of ether oxygens (including phenoxy) is 1. The van der Waals surface area contributed by atoms with E-state index in [9.17, 15) is 4.79 Å². The summed E-state index contributed by atoms with van der Waals surface area (Å²) in [7, 11) is 1.81. The molecule has 1 atom stereocenters. The third-order valence-corrected chi connectivity index (χ3v) is 3.02. The van der Waals surface area contributed by atoms with E-state index in [1.165, 1.54) is 0 Å². The highest BCUT2D eigenvalue weighted by Crippen LogP contribution is 2.22. The van der Waals surface area contributed by atoms with Crippen molar-refractivity contribution in [1.29, 1.82) is 0 Å². The quantitative estimate of drug-likeness (QED) is 0.767. The molecule has 0 aromatic carbocycles. The van der Waals surface area contributed by atoms with Crippen LogP contribution in [0.1, 0.15) is 34.6 Å². The molecule has 0 bridgehead atoms. The first kappa shape index (κ1) is 13.5. The molecule has 1 rings (SSSR count). The Hall–Kier alpha value is -0.610. The smallest absolute Gasteiger partial charge is 0.242 e. The van der Waals surface area contributed by atoms with Gasteiger partial charge in [0.25, 0.3) is 0 Å². The number of likely N-dealkylation sites (N-methyl/N-ethyl adjacent to an activating group) is 1. The molecule has 1 fully saturated rings. The van der Waals surface area contributed by atoms with E-state index < -0.39 is 5.54 Å². The number of carbonyl (C=O) groups is 1. The first-order chi connectivity index (χ1) is 7.18. The normalized spacial score (nSPS) is 25.6. The summed E-state index contributed by atoms with van der Waals surface area (Å²) in [5.74, 6) is 0.137. The Balaban J connectivity index is 2.77. The molecule has 1 saturated heterocycles. The van der Waals surface area contributed by atoms with E-state index >= 15 is 0 Å². The summed E-state index contributed by atoms with van der Waals surface area (Å²) in [6, 6.07) is 0. The lowest BCUT2D eigenvalue weighted by atomic mass is 9.99. The molecule has 0 spiro atoms. The van der Waals surface area contributed by atoms with Gasteiger partial charge < -0.3 is 15.0 Å². The summed E-state index contributed by atoms with van der Waals surface area (Å²) < 4.78 is 5.79. The Kier molecular flexibility index (Phi) is 3.65. The lowest BCUT2D eigenvalue weighted by molar-refractivity contribution is -0.162. The van der Waals surface area contributed by atoms with Crippen molar-refractivity contribution >= 4 is 5.91 Å². The van der Waals surface area contributed by atoms with Crippen LogP contribution in [0.2, 0.25) is 0 Å². The number of carbonyl (C=O) groups excluding carboxylic acids is 1. The Bertz CT molecular complexity index is 274. The highest BCUT2D eigenvalue weighted by molar-refractivity contribution is 5.85. The fraction of sp³-hybridized carbons (Fsp3) is 0.917. The van der Waals surface area contributed by atoms with Gasteiger partial charge in [-0.25, -0.2) is 0 Å². The fourth-order valence-electron chi connectivity index (χ4n) is 2.11. The van der Waals surface area contributed by atoms with Crippen LogP contribution in [-0.2, 0) is 9.53 Å². The molecule has 0 aliphatic carbocycles. The monoisotopic (exact) mass is 228 g/mol. The SMILES string of the molecule is CNC(C)(C)C(=O)N1CC(C)OC(C)(C)C1. The van der Waals surface area contributed by atoms with E-state index in [2.05, 4.69) is 5.32 Å². The molecule has 1 heterocycles. The molecule has 0 aromatic rings. The van der Waals surface area contributed by atoms with Crippen molar-refractivity contribution < 1.29 is 9.53 Å². The van der Waals surface area contributed by atoms with Crippen LogP contribution in [-0.4, -0.2) is 48.2 Å². The number of amides is 1. The minimum absolute atomic E-state index is 0.0976. The van der Waals surface area contributed by atoms with Crippen molar-refractivity contribution in [2.24, 2.45) is 0 Å². The van der Waals surface area contributed by atoms with Gasteiger partial charge in [-0.05, 0) is 41.7 Å². The van der Waals surface area contributed by atoms with E-state index in [-0.39, 0.29) is 17.6 Å². The minimum atomic E-state index is -0.507. The summed E-state index contributed by atoms with van der Waals surface area (Å²) in [4.78, 5) is 14.2. The second kappa shape index (κ2) is 4.34. The maximum atomic E-state index is 12.3. The second-order valence-corrected chi connectivity index (χ2v) is 5.75. The number of hydrogen-bond donors (Lipinski definition) is 1. The zero-order valence-corrected chi connectivity index (χ0v) is 11.3. The predicted molar refractivity (Wildman–Crippen MR) is 64.3 cm³/mol. The second-order valence-electron chi connectivity index (χ2n) is 5.75. The Morgan fingerprint density at radius 3 is 2.50 bits per heavy atom. The Morgan fingerprint density at radius 2 is 2.06 bits per heavy atom. The highest BCUT2D eigenvalue weighted by Gasteiger charge is 2.38. The van der Waals surface area contributed by atoms with Crippen LogP contribution in [0.3, 0.4) is 0 Å². The third kappa shape index (κ3) is 2.95. The number of rotatable bonds is 2. The van der Waals surface area contributed by atoms with Gasteiger partial charge in [0.15, 0.2) is 0 Å². The van der Waals surface area contributed by atoms with Gasteiger partial charge in [-0.2, -0.15) is 0 Å². The zero-order chi connectivity index (χ0) is 12.6. The maximum Gasteiger partial charge on any atom is 0.242 e. The van der Waals surface area contributed by atoms with Gasteiger partial charge in [0.05, 0.1) is 17.2 Å². The highest BCUT2D eigenvalue weighted by atomic mass is 16.5. The Morgan fingerprint density at radius 1 is 1.50 bits per heavy atom. The first-order valence-corrected chi connectivity index (χ1v) is 5.84. The molecule has 1 aliphatic heterocycles. The number of nitrogens with zero attached hydrogens (tertiary/aromatic N) is 1. The van der Waals surface area contributed by atoms with Crippen LogP contribution in [0, 0.1) is 0 Å². The summed E-state index contributed by atoms with van der Waals surface area (Å²) in [6.45, 7) is 11.2. The van der Waals surface area contributed by atoms with Gasteiger partial charge in [0.2, 0.25) is 5.91 Å². The van der Waals surface area contributed by atoms with E-state index in [0.29, 0.717) is 13.1 Å². The summed E-state index contributed by atoms with van der Waals surface area (Å²) in [5, 5.41) is 3.05. The third-order valence-electron chi connectivity index (χ3n) is 3.02. The van der Waals surface area contributed by atoms with Gasteiger partial charge in [-0.1, -0.05) is 0 Å². The van der Waals surface area contributed by atoms with Crippen LogP contribution >= 0.6 is 0 Å². The molecule has 1 unspecified atom stereocenters. The minimum Gasteiger partial charge on any atom is -0.369 e. The predicted octanol–water partition coefficient (Wildman–Crippen LogP) is 1.01. The van der Waals surface area contributed by atoms with Crippen LogP contribution < -0.4 is 5.32 Å². The van der Waals surface area contributed by atoms with Gasteiger partial charge in [0, 0.05) is 13.1 Å². The van der Waals surface area contributed by atoms with Crippen molar-refractivity contribution in [3.05, 3.63) is 0 Å². The molecule has 1 amide bonds. The van der Waals surface area contributed by atoms with Crippen molar-refractivity contribution in [2.45, 2.75) is 51.9 Å². The molecule has 0 saturated carbocycles. The van der Waals surface area contributed by atoms with Crippen molar-refractivity contribution in [3.63, 3.8) is 0 Å². The van der Waals surface area contributed by atoms with Crippen LogP contribution in [0.15, 0.2) is 0 Å². The van der Waals surface area contributed by atoms with Crippen molar-refractivity contribution in [2.75, 3.05) is 20.1 Å². The molecular weight excluding hydrogens is 204 g/mol. The number of hydrogen-bond acceptors (Lipinski definition) is 3. The lowest BCUT2D eigenvalue weighted by Crippen LogP contribution is -2.60. The molecule has 4 nitrogen and oxygen atoms in total. The molecule has 4 heteroatoms. The van der Waals surface area contributed by atoms with E-state index in [4.69, 9.17) is 4.74 Å². The van der Waals surface area contributed by atoms with Crippen molar-refractivity contribution in [3.8, 4) is 0 Å². The van der Waals surface area contributed by atoms with E-state index in [1.54, 1.807) is 0 Å². The Labute approximate surface area is 98.3 Å². The summed E-state index contributed by atoms with van der Waals surface area (Å²) in [6.07, 6.45) is 0.0976. The molecule has 0 aromatic heterocycles. The summed E-state index contributed by atoms with van der Waals surface area (Å²) >= 11 is 0. The van der Waals surface area contributed by atoms with Gasteiger partial charge in [-0.15, -0.1) is 0 Å². The average Bonchev–Trinajstić information content (AvgIpc) is 2.13. The number of nitrogens with one attached hydrogen (secondary N) is 1. The van der Waals surface area contributed by atoms with Gasteiger partial charge >= 0.3 is 0 Å². The van der Waals surface area contributed by atoms with Gasteiger partial charge in [0.1, 0.15) is 0 Å². The van der Waals surface area contributed by atoms with Crippen LogP contribution in [0.4, 0.5) is 0 Å². The van der Waals surface area contributed by atoms with Gasteiger partial charge in [-0.3, -0.25) is 4.79 Å². The largest absolute Gasteiger partial charge is 0.369 e. The maximum absolute atomic E-state index is 12.3. The molecule has 0 radical (unpaired) electrons. The number of morpholine rings is 1. The molecule has 16 heavy (non-hydrogen) atoms. The lowest BCUT2D eigenvalue weighted by Gasteiger charge is -2.44. The van der Waals surface area contributed by atoms with Crippen molar-refractivity contribution in [1.82, 2.24) is 10.2 Å². The molecule has 94 valence electrons. The van der Waals surface area contributed by atoms with Crippen LogP contribution in [0.25, 0.3) is 0 Å². The fourth-order valence-corrected chi connectivity index (χ4v) is 2.11.